The van der Waals surface area contributed by atoms with Crippen LogP contribution in [0.2, 0.25) is 0 Å². The van der Waals surface area contributed by atoms with Gasteiger partial charge in [0, 0.05) is 49.8 Å². The maximum Gasteiger partial charge on any atom is 0.235 e. The van der Waals surface area contributed by atoms with Gasteiger partial charge >= 0.3 is 0 Å². The molecule has 1 saturated heterocycles. The quantitative estimate of drug-likeness (QED) is 0.853. The zero-order valence-electron chi connectivity index (χ0n) is 15.2. The third-order valence-corrected chi connectivity index (χ3v) is 4.88. The highest BCUT2D eigenvalue weighted by molar-refractivity contribution is 5.41. The van der Waals surface area contributed by atoms with Crippen molar-refractivity contribution >= 4 is 5.82 Å². The molecule has 2 aliphatic rings. The van der Waals surface area contributed by atoms with E-state index in [9.17, 15) is 0 Å². The Morgan fingerprint density at radius 1 is 0.960 bits per heavy atom. The number of anilines is 1. The van der Waals surface area contributed by atoms with Crippen molar-refractivity contribution in [2.45, 2.75) is 58.5 Å². The van der Waals surface area contributed by atoms with Gasteiger partial charge in [-0.1, -0.05) is 0 Å². The van der Waals surface area contributed by atoms with Crippen molar-refractivity contribution in [1.82, 2.24) is 19.9 Å². The fourth-order valence-electron chi connectivity index (χ4n) is 3.25. The fourth-order valence-corrected chi connectivity index (χ4v) is 3.25. The molecule has 2 aromatic rings. The van der Waals surface area contributed by atoms with Crippen LogP contribution in [0.4, 0.5) is 5.82 Å². The molecule has 0 spiro atoms. The highest BCUT2D eigenvalue weighted by Gasteiger charge is 2.28. The Hall–Kier alpha value is -2.24. The van der Waals surface area contributed by atoms with Crippen molar-refractivity contribution in [1.29, 1.82) is 0 Å². The van der Waals surface area contributed by atoms with Crippen molar-refractivity contribution in [2.75, 3.05) is 18.0 Å². The lowest BCUT2D eigenvalue weighted by Crippen LogP contribution is -2.39. The van der Waals surface area contributed by atoms with Crippen LogP contribution < -0.4 is 9.64 Å². The topological polar surface area (TPSA) is 64.0 Å². The van der Waals surface area contributed by atoms with E-state index in [0.29, 0.717) is 11.8 Å². The minimum absolute atomic E-state index is 0.192. The van der Waals surface area contributed by atoms with Crippen LogP contribution in [-0.2, 0) is 0 Å². The number of rotatable bonds is 4. The van der Waals surface area contributed by atoms with E-state index in [1.807, 2.05) is 13.8 Å². The Morgan fingerprint density at radius 2 is 1.72 bits per heavy atom. The number of aryl methyl sites for hydroxylation is 3. The molecule has 1 aliphatic heterocycles. The maximum absolute atomic E-state index is 6.11. The van der Waals surface area contributed by atoms with E-state index in [4.69, 9.17) is 9.72 Å². The number of hydrogen-bond acceptors (Lipinski definition) is 6. The zero-order chi connectivity index (χ0) is 17.4. The Morgan fingerprint density at radius 3 is 2.44 bits per heavy atom. The van der Waals surface area contributed by atoms with Crippen molar-refractivity contribution < 1.29 is 4.74 Å². The molecule has 0 unspecified atom stereocenters. The van der Waals surface area contributed by atoms with Gasteiger partial charge in [0.25, 0.3) is 0 Å². The molecule has 6 heteroatoms. The van der Waals surface area contributed by atoms with Crippen LogP contribution in [0.25, 0.3) is 0 Å². The average molecular weight is 339 g/mol. The van der Waals surface area contributed by atoms with Gasteiger partial charge in [-0.15, -0.1) is 0 Å². The van der Waals surface area contributed by atoms with E-state index in [0.717, 1.165) is 54.7 Å². The van der Waals surface area contributed by atoms with Crippen LogP contribution in [0, 0.1) is 20.8 Å². The van der Waals surface area contributed by atoms with E-state index in [1.54, 1.807) is 6.20 Å². The predicted octanol–water partition coefficient (Wildman–Crippen LogP) is 3.12. The molecular formula is C19H25N5O. The summed E-state index contributed by atoms with van der Waals surface area (Å²) in [6, 6.07) is 2.10. The lowest BCUT2D eigenvalue weighted by Gasteiger charge is -2.33. The van der Waals surface area contributed by atoms with E-state index in [1.165, 1.54) is 12.8 Å². The van der Waals surface area contributed by atoms with Gasteiger partial charge in [0.15, 0.2) is 0 Å². The van der Waals surface area contributed by atoms with Crippen LogP contribution in [0.5, 0.6) is 5.88 Å². The van der Waals surface area contributed by atoms with Crippen LogP contribution in [-0.4, -0.2) is 39.1 Å². The Labute approximate surface area is 148 Å². The van der Waals surface area contributed by atoms with Gasteiger partial charge < -0.3 is 9.64 Å². The average Bonchev–Trinajstić information content (AvgIpc) is 3.43. The summed E-state index contributed by atoms with van der Waals surface area (Å²) in [6.07, 6.45) is 6.37. The molecule has 0 N–H and O–H groups in total. The number of hydrogen-bond donors (Lipinski definition) is 0. The van der Waals surface area contributed by atoms with Gasteiger partial charge in [-0.05, 0) is 33.6 Å². The van der Waals surface area contributed by atoms with E-state index in [2.05, 4.69) is 32.8 Å². The van der Waals surface area contributed by atoms with Crippen LogP contribution in [0.1, 0.15) is 54.5 Å². The Kier molecular flexibility index (Phi) is 4.27. The summed E-state index contributed by atoms with van der Waals surface area (Å²) in [5.74, 6) is 3.35. The summed E-state index contributed by atoms with van der Waals surface area (Å²) in [7, 11) is 0. The highest BCUT2D eigenvalue weighted by Crippen LogP contribution is 2.38. The smallest absolute Gasteiger partial charge is 0.235 e. The first kappa shape index (κ1) is 16.2. The molecule has 4 rings (SSSR count). The second-order valence-electron chi connectivity index (χ2n) is 7.21. The van der Waals surface area contributed by atoms with Gasteiger partial charge in [-0.3, -0.25) is 4.98 Å². The lowest BCUT2D eigenvalue weighted by molar-refractivity contribution is 0.161. The lowest BCUT2D eigenvalue weighted by atomic mass is 10.1. The molecule has 3 heterocycles. The number of piperidine rings is 1. The van der Waals surface area contributed by atoms with Crippen molar-refractivity contribution in [2.24, 2.45) is 0 Å². The van der Waals surface area contributed by atoms with E-state index in [-0.39, 0.29) is 6.10 Å². The standard InChI is InChI=1S/C19H25N5O/c1-12-10-17(23-18(21-12)15-4-5-15)24-8-6-16(7-9-24)25-19-14(3)20-11-13(2)22-19/h10-11,15-16H,4-9H2,1-3H3. The predicted molar refractivity (Wildman–Crippen MR) is 96.1 cm³/mol. The summed E-state index contributed by atoms with van der Waals surface area (Å²) in [6.45, 7) is 7.84. The first-order valence-corrected chi connectivity index (χ1v) is 9.16. The van der Waals surface area contributed by atoms with Crippen LogP contribution >= 0.6 is 0 Å². The zero-order valence-corrected chi connectivity index (χ0v) is 15.2. The largest absolute Gasteiger partial charge is 0.473 e. The molecule has 1 aliphatic carbocycles. The number of ether oxygens (including phenoxy) is 1. The number of aromatic nitrogens is 4. The van der Waals surface area contributed by atoms with Gasteiger partial charge in [0.1, 0.15) is 17.7 Å². The maximum atomic E-state index is 6.11. The molecule has 0 atom stereocenters. The molecular weight excluding hydrogens is 314 g/mol. The molecule has 1 saturated carbocycles. The Bertz CT molecular complexity index is 766. The molecule has 0 bridgehead atoms. The minimum atomic E-state index is 0.192. The summed E-state index contributed by atoms with van der Waals surface area (Å²) in [4.78, 5) is 20.6. The van der Waals surface area contributed by atoms with Crippen LogP contribution in [0.3, 0.4) is 0 Å². The van der Waals surface area contributed by atoms with Crippen LogP contribution in [0.15, 0.2) is 12.3 Å². The van der Waals surface area contributed by atoms with E-state index >= 15 is 0 Å². The first-order chi connectivity index (χ1) is 12.1. The molecule has 25 heavy (non-hydrogen) atoms. The highest BCUT2D eigenvalue weighted by atomic mass is 16.5. The van der Waals surface area contributed by atoms with Gasteiger partial charge in [0.05, 0.1) is 11.4 Å². The van der Waals surface area contributed by atoms with Gasteiger partial charge in [-0.25, -0.2) is 15.0 Å². The molecule has 132 valence electrons. The molecule has 0 radical (unpaired) electrons. The second kappa shape index (κ2) is 6.58. The fraction of sp³-hybridized carbons (Fsp3) is 0.579. The molecule has 2 aromatic heterocycles. The van der Waals surface area contributed by atoms with Gasteiger partial charge in [-0.2, -0.15) is 0 Å². The van der Waals surface area contributed by atoms with Crippen molar-refractivity contribution in [3.63, 3.8) is 0 Å². The van der Waals surface area contributed by atoms with Crippen molar-refractivity contribution in [3.05, 3.63) is 35.2 Å². The summed E-state index contributed by atoms with van der Waals surface area (Å²) in [5.41, 5.74) is 2.81. The Balaban J connectivity index is 1.40. The molecule has 2 fully saturated rings. The molecule has 6 nitrogen and oxygen atoms in total. The molecule has 0 aromatic carbocycles. The summed E-state index contributed by atoms with van der Waals surface area (Å²) >= 11 is 0. The van der Waals surface area contributed by atoms with E-state index < -0.39 is 0 Å². The van der Waals surface area contributed by atoms with Gasteiger partial charge in [0.2, 0.25) is 5.88 Å². The summed E-state index contributed by atoms with van der Waals surface area (Å²) < 4.78 is 6.11. The normalized spacial score (nSPS) is 18.4. The first-order valence-electron chi connectivity index (χ1n) is 9.16. The third kappa shape index (κ3) is 3.72. The third-order valence-electron chi connectivity index (χ3n) is 4.88. The summed E-state index contributed by atoms with van der Waals surface area (Å²) in [5, 5.41) is 0. The number of nitrogens with zero attached hydrogens (tertiary/aromatic N) is 5. The SMILES string of the molecule is Cc1cc(N2CCC(Oc3nc(C)cnc3C)CC2)nc(C2CC2)n1. The monoisotopic (exact) mass is 339 g/mol. The van der Waals surface area contributed by atoms with Crippen molar-refractivity contribution in [3.8, 4) is 5.88 Å². The minimum Gasteiger partial charge on any atom is -0.473 e. The molecule has 0 amide bonds. The second-order valence-corrected chi connectivity index (χ2v) is 7.21.